The Balaban J connectivity index is 1.33. The molecular formula is C30H29N4O4S2+. The lowest BCUT2D eigenvalue weighted by Gasteiger charge is -2.15. The molecule has 4 aromatic rings. The number of methoxy groups -OCH3 is 2. The van der Waals surface area contributed by atoms with Crippen molar-refractivity contribution in [3.05, 3.63) is 89.3 Å². The molecule has 0 unspecified atom stereocenters. The number of hydrogen-bond donors (Lipinski definition) is 0. The lowest BCUT2D eigenvalue weighted by Crippen LogP contribution is -2.27. The maximum atomic E-state index is 12.9. The van der Waals surface area contributed by atoms with Crippen molar-refractivity contribution >= 4 is 37.9 Å². The van der Waals surface area contributed by atoms with Crippen LogP contribution in [0.15, 0.2) is 88.2 Å². The molecule has 0 N–H and O–H groups in total. The van der Waals surface area contributed by atoms with Crippen LogP contribution in [0.2, 0.25) is 0 Å². The van der Waals surface area contributed by atoms with Gasteiger partial charge in [-0.25, -0.2) is 8.42 Å². The fourth-order valence-corrected chi connectivity index (χ4v) is 7.25. The van der Waals surface area contributed by atoms with E-state index in [1.807, 2.05) is 70.7 Å². The van der Waals surface area contributed by atoms with E-state index in [4.69, 9.17) is 19.6 Å². The van der Waals surface area contributed by atoms with Gasteiger partial charge in [-0.15, -0.1) is 0 Å². The van der Waals surface area contributed by atoms with Gasteiger partial charge in [0.2, 0.25) is 10.0 Å². The summed E-state index contributed by atoms with van der Waals surface area (Å²) in [6.45, 7) is 1.17. The molecule has 1 aromatic heterocycles. The minimum atomic E-state index is -3.46. The fourth-order valence-electron chi connectivity index (χ4n) is 4.93. The Morgan fingerprint density at radius 3 is 1.98 bits per heavy atom. The van der Waals surface area contributed by atoms with Gasteiger partial charge >= 0.3 is 5.13 Å². The predicted molar refractivity (Wildman–Crippen MR) is 157 cm³/mol. The first-order valence-electron chi connectivity index (χ1n) is 13.0. The molecule has 10 heteroatoms. The summed E-state index contributed by atoms with van der Waals surface area (Å²) in [4.78, 5) is 5.23. The monoisotopic (exact) mass is 573 g/mol. The lowest BCUT2D eigenvalue weighted by atomic mass is 10.0. The third kappa shape index (κ3) is 5.05. The smallest absolute Gasteiger partial charge is 0.408 e. The van der Waals surface area contributed by atoms with Crippen LogP contribution in [0, 0.1) is 0 Å². The highest BCUT2D eigenvalue weighted by Crippen LogP contribution is 2.32. The van der Waals surface area contributed by atoms with E-state index in [1.54, 1.807) is 30.7 Å². The number of aromatic nitrogens is 1. The quantitative estimate of drug-likeness (QED) is 0.258. The molecule has 2 aliphatic heterocycles. The van der Waals surface area contributed by atoms with Gasteiger partial charge in [0, 0.05) is 29.8 Å². The van der Waals surface area contributed by atoms with Gasteiger partial charge in [0.05, 0.1) is 36.6 Å². The second-order valence-corrected chi connectivity index (χ2v) is 12.4. The van der Waals surface area contributed by atoms with E-state index in [0.29, 0.717) is 24.4 Å². The average Bonchev–Trinajstić information content (AvgIpc) is 3.79. The lowest BCUT2D eigenvalue weighted by molar-refractivity contribution is -0.441. The molecule has 3 aromatic carbocycles. The number of thiazole rings is 1. The zero-order valence-corrected chi connectivity index (χ0v) is 23.9. The zero-order chi connectivity index (χ0) is 27.7. The van der Waals surface area contributed by atoms with Gasteiger partial charge in [-0.05, 0) is 102 Å². The minimum absolute atomic E-state index is 0.317. The molecule has 1 saturated heterocycles. The van der Waals surface area contributed by atoms with Crippen LogP contribution in [-0.4, -0.2) is 61.1 Å². The van der Waals surface area contributed by atoms with Gasteiger partial charge in [-0.1, -0.05) is 9.79 Å². The van der Waals surface area contributed by atoms with Gasteiger partial charge in [0.1, 0.15) is 17.2 Å². The maximum absolute atomic E-state index is 12.9. The highest BCUT2D eigenvalue weighted by molar-refractivity contribution is 7.89. The Labute approximate surface area is 237 Å². The highest BCUT2D eigenvalue weighted by atomic mass is 32.2. The Morgan fingerprint density at radius 1 is 0.800 bits per heavy atom. The molecule has 0 saturated carbocycles. The summed E-state index contributed by atoms with van der Waals surface area (Å²) in [5.74, 6) is 1.58. The first-order chi connectivity index (χ1) is 19.5. The molecule has 8 nitrogen and oxygen atoms in total. The molecule has 0 amide bonds. The molecular weight excluding hydrogens is 544 g/mol. The van der Waals surface area contributed by atoms with Crippen LogP contribution >= 0.6 is 11.3 Å². The third-order valence-electron chi connectivity index (χ3n) is 7.18. The molecule has 2 aliphatic rings. The molecule has 1 fully saturated rings. The van der Waals surface area contributed by atoms with Crippen LogP contribution in [0.4, 0.5) is 5.13 Å². The van der Waals surface area contributed by atoms with E-state index in [2.05, 4.69) is 0 Å². The summed E-state index contributed by atoms with van der Waals surface area (Å²) in [6, 6.07) is 22.8. The fraction of sp³-hybridized carbons (Fsp3) is 0.233. The number of benzene rings is 3. The van der Waals surface area contributed by atoms with Gasteiger partial charge in [-0.3, -0.25) is 0 Å². The summed E-state index contributed by atoms with van der Waals surface area (Å²) in [5.41, 5.74) is 5.62. The van der Waals surface area contributed by atoms with Gasteiger partial charge in [0.25, 0.3) is 0 Å². The normalized spacial score (nSPS) is 15.9. The van der Waals surface area contributed by atoms with Crippen molar-refractivity contribution in [3.8, 4) is 22.8 Å². The van der Waals surface area contributed by atoms with Gasteiger partial charge < -0.3 is 9.47 Å². The van der Waals surface area contributed by atoms with Crippen LogP contribution in [0.25, 0.3) is 11.3 Å². The first kappa shape index (κ1) is 26.4. The topological polar surface area (TPSA) is 84.1 Å². The van der Waals surface area contributed by atoms with Crippen LogP contribution in [0.1, 0.15) is 30.4 Å². The maximum Gasteiger partial charge on any atom is 0.408 e. The summed E-state index contributed by atoms with van der Waals surface area (Å²) in [6.07, 6.45) is 2.46. The van der Waals surface area contributed by atoms with E-state index < -0.39 is 10.0 Å². The Hall–Kier alpha value is -3.86. The van der Waals surface area contributed by atoms with E-state index >= 15 is 0 Å². The van der Waals surface area contributed by atoms with E-state index in [0.717, 1.165) is 63.3 Å². The van der Waals surface area contributed by atoms with Crippen molar-refractivity contribution in [2.75, 3.05) is 27.3 Å². The van der Waals surface area contributed by atoms with Crippen LogP contribution in [-0.2, 0) is 10.0 Å². The SMILES string of the molecule is COc1ccc(C2=N[N+](c3nc(-c4ccc(S(=O)(=O)N5CCCC5)cc4)cs3)=C(c3ccc(OC)cc3)C2)cc1. The zero-order valence-electron chi connectivity index (χ0n) is 22.3. The number of hydrazone groups is 1. The van der Waals surface area contributed by atoms with Crippen LogP contribution in [0.3, 0.4) is 0 Å². The van der Waals surface area contributed by atoms with E-state index in [-0.39, 0.29) is 0 Å². The second kappa shape index (κ2) is 11.0. The van der Waals surface area contributed by atoms with Crippen LogP contribution in [0.5, 0.6) is 11.5 Å². The van der Waals surface area contributed by atoms with Gasteiger partial charge in [-0.2, -0.15) is 4.31 Å². The van der Waals surface area contributed by atoms with Crippen molar-refractivity contribution in [1.29, 1.82) is 0 Å². The van der Waals surface area contributed by atoms with E-state index in [9.17, 15) is 8.42 Å². The highest BCUT2D eigenvalue weighted by Gasteiger charge is 2.31. The number of rotatable bonds is 8. The van der Waals surface area contributed by atoms with Crippen molar-refractivity contribution in [3.63, 3.8) is 0 Å². The Bertz CT molecular complexity index is 1690. The predicted octanol–water partition coefficient (Wildman–Crippen LogP) is 5.55. The summed E-state index contributed by atoms with van der Waals surface area (Å²) >= 11 is 1.50. The molecule has 0 atom stereocenters. The van der Waals surface area contributed by atoms with Crippen molar-refractivity contribution in [2.45, 2.75) is 24.2 Å². The van der Waals surface area contributed by atoms with Gasteiger partial charge in [0.15, 0.2) is 5.69 Å². The Kier molecular flexibility index (Phi) is 7.22. The Morgan fingerprint density at radius 2 is 1.38 bits per heavy atom. The molecule has 0 spiro atoms. The number of nitrogens with zero attached hydrogens (tertiary/aromatic N) is 4. The average molecular weight is 574 g/mol. The second-order valence-electron chi connectivity index (χ2n) is 9.59. The van der Waals surface area contributed by atoms with Crippen LogP contribution < -0.4 is 9.47 Å². The largest absolute Gasteiger partial charge is 0.497 e. The number of hydrogen-bond acceptors (Lipinski definition) is 7. The standard InChI is InChI=1S/C30H29N4O4S2/c1-37-24-11-5-21(6-12-24)27-19-29(23-7-13-25(38-2)14-8-23)34(32-27)30-31-28(20-39-30)22-9-15-26(16-10-22)40(35,36)33-17-3-4-18-33/h5-16,20H,3-4,17-19H2,1-2H3/q+1. The van der Waals surface area contributed by atoms with Crippen molar-refractivity contribution in [1.82, 2.24) is 9.29 Å². The molecule has 204 valence electrons. The van der Waals surface area contributed by atoms with Crippen molar-refractivity contribution in [2.24, 2.45) is 5.10 Å². The molecule has 3 heterocycles. The van der Waals surface area contributed by atoms with E-state index in [1.165, 1.54) is 11.3 Å². The third-order valence-corrected chi connectivity index (χ3v) is 9.91. The molecule has 6 rings (SSSR count). The molecule has 0 bridgehead atoms. The number of sulfonamides is 1. The minimum Gasteiger partial charge on any atom is -0.497 e. The summed E-state index contributed by atoms with van der Waals surface area (Å²) in [7, 11) is -0.151. The van der Waals surface area contributed by atoms with Crippen molar-refractivity contribution < 1.29 is 22.6 Å². The molecule has 0 aliphatic carbocycles. The molecule has 0 radical (unpaired) electrons. The first-order valence-corrected chi connectivity index (χ1v) is 15.4. The summed E-state index contributed by atoms with van der Waals surface area (Å²) in [5, 5.41) is 7.70. The molecule has 40 heavy (non-hydrogen) atoms. The summed E-state index contributed by atoms with van der Waals surface area (Å²) < 4.78 is 40.0. The number of ether oxygens (including phenoxy) is 2.